The molecule has 0 unspecified atom stereocenters. The number of carbonyl (C=O) groups excluding carboxylic acids is 2. The van der Waals surface area contributed by atoms with Gasteiger partial charge >= 0.3 is 5.97 Å². The van der Waals surface area contributed by atoms with Crippen LogP contribution in [-0.2, 0) is 11.3 Å². The SMILES string of the molecule is CCCCOC(=O)c1ccc(NC(=O)c2ccc(OCc3nc(C)cs3)cc2)cc1. The average Bonchev–Trinajstić information content (AvgIpc) is 3.18. The topological polar surface area (TPSA) is 77.5 Å². The monoisotopic (exact) mass is 424 g/mol. The highest BCUT2D eigenvalue weighted by molar-refractivity contribution is 7.09. The van der Waals surface area contributed by atoms with E-state index in [0.29, 0.717) is 35.8 Å². The summed E-state index contributed by atoms with van der Waals surface area (Å²) in [5.74, 6) is 0.0746. The van der Waals surface area contributed by atoms with E-state index in [4.69, 9.17) is 9.47 Å². The van der Waals surface area contributed by atoms with Crippen LogP contribution >= 0.6 is 11.3 Å². The number of ether oxygens (including phenoxy) is 2. The first kappa shape index (κ1) is 21.5. The first-order valence-corrected chi connectivity index (χ1v) is 10.7. The second-order valence-electron chi connectivity index (χ2n) is 6.72. The average molecular weight is 425 g/mol. The molecule has 2 aromatic carbocycles. The minimum absolute atomic E-state index is 0.240. The first-order valence-electron chi connectivity index (χ1n) is 9.77. The van der Waals surface area contributed by atoms with E-state index in [0.717, 1.165) is 23.5 Å². The van der Waals surface area contributed by atoms with Gasteiger partial charge in [-0.3, -0.25) is 4.79 Å². The number of carbonyl (C=O) groups is 2. The number of amides is 1. The molecule has 0 saturated carbocycles. The Balaban J connectivity index is 1.52. The third-order valence-corrected chi connectivity index (χ3v) is 5.20. The van der Waals surface area contributed by atoms with E-state index in [2.05, 4.69) is 10.3 Å². The highest BCUT2D eigenvalue weighted by atomic mass is 32.1. The van der Waals surface area contributed by atoms with Crippen molar-refractivity contribution in [2.24, 2.45) is 0 Å². The van der Waals surface area contributed by atoms with Crippen LogP contribution in [0.3, 0.4) is 0 Å². The number of rotatable bonds is 9. The number of benzene rings is 2. The molecule has 7 heteroatoms. The lowest BCUT2D eigenvalue weighted by atomic mass is 10.1. The molecule has 0 atom stereocenters. The largest absolute Gasteiger partial charge is 0.486 e. The number of unbranched alkanes of at least 4 members (excludes halogenated alkanes) is 1. The fourth-order valence-corrected chi connectivity index (χ4v) is 3.29. The molecule has 0 fully saturated rings. The van der Waals surface area contributed by atoms with Crippen LogP contribution in [0.1, 0.15) is 51.2 Å². The number of thiazole rings is 1. The van der Waals surface area contributed by atoms with Gasteiger partial charge in [0, 0.05) is 22.3 Å². The summed E-state index contributed by atoms with van der Waals surface area (Å²) in [6.45, 7) is 4.80. The van der Waals surface area contributed by atoms with Crippen LogP contribution in [0.25, 0.3) is 0 Å². The summed E-state index contributed by atoms with van der Waals surface area (Å²) in [4.78, 5) is 28.7. The number of aryl methyl sites for hydroxylation is 1. The number of esters is 1. The van der Waals surface area contributed by atoms with Crippen LogP contribution in [0.2, 0.25) is 0 Å². The van der Waals surface area contributed by atoms with Gasteiger partial charge in [0.1, 0.15) is 17.4 Å². The lowest BCUT2D eigenvalue weighted by Crippen LogP contribution is -2.12. The smallest absolute Gasteiger partial charge is 0.338 e. The first-order chi connectivity index (χ1) is 14.5. The maximum Gasteiger partial charge on any atom is 0.338 e. The summed E-state index contributed by atoms with van der Waals surface area (Å²) < 4.78 is 10.9. The zero-order chi connectivity index (χ0) is 21.3. The van der Waals surface area contributed by atoms with Gasteiger partial charge in [-0.25, -0.2) is 9.78 Å². The number of hydrogen-bond acceptors (Lipinski definition) is 6. The molecule has 0 aliphatic carbocycles. The molecular formula is C23H24N2O4S. The van der Waals surface area contributed by atoms with E-state index in [1.807, 2.05) is 19.2 Å². The molecule has 0 bridgehead atoms. The lowest BCUT2D eigenvalue weighted by molar-refractivity contribution is 0.0499. The molecule has 0 aliphatic heterocycles. The molecule has 156 valence electrons. The molecule has 0 spiro atoms. The summed E-state index contributed by atoms with van der Waals surface area (Å²) >= 11 is 1.56. The highest BCUT2D eigenvalue weighted by Gasteiger charge is 2.10. The number of aromatic nitrogens is 1. The van der Waals surface area contributed by atoms with Crippen molar-refractivity contribution in [2.75, 3.05) is 11.9 Å². The molecule has 1 amide bonds. The molecule has 0 saturated heterocycles. The zero-order valence-corrected chi connectivity index (χ0v) is 17.8. The predicted octanol–water partition coefficient (Wildman–Crippen LogP) is 5.24. The van der Waals surface area contributed by atoms with Crippen LogP contribution < -0.4 is 10.1 Å². The molecule has 1 heterocycles. The van der Waals surface area contributed by atoms with Crippen molar-refractivity contribution in [3.63, 3.8) is 0 Å². The van der Waals surface area contributed by atoms with Crippen molar-refractivity contribution in [1.82, 2.24) is 4.98 Å². The Labute approximate surface area is 179 Å². The zero-order valence-electron chi connectivity index (χ0n) is 17.0. The van der Waals surface area contributed by atoms with Gasteiger partial charge in [0.15, 0.2) is 0 Å². The van der Waals surface area contributed by atoms with Crippen LogP contribution in [0.5, 0.6) is 5.75 Å². The Morgan fingerprint density at radius 1 is 1.03 bits per heavy atom. The Morgan fingerprint density at radius 2 is 1.73 bits per heavy atom. The van der Waals surface area contributed by atoms with Gasteiger partial charge in [0.25, 0.3) is 5.91 Å². The van der Waals surface area contributed by atoms with Crippen LogP contribution in [0.15, 0.2) is 53.9 Å². The summed E-state index contributed by atoms with van der Waals surface area (Å²) in [6.07, 6.45) is 1.81. The van der Waals surface area contributed by atoms with Gasteiger partial charge in [-0.1, -0.05) is 13.3 Å². The summed E-state index contributed by atoms with van der Waals surface area (Å²) in [6, 6.07) is 13.6. The van der Waals surface area contributed by atoms with E-state index in [1.54, 1.807) is 59.9 Å². The third kappa shape index (κ3) is 6.15. The van der Waals surface area contributed by atoms with Gasteiger partial charge in [-0.15, -0.1) is 11.3 Å². The van der Waals surface area contributed by atoms with E-state index in [1.165, 1.54) is 0 Å². The van der Waals surface area contributed by atoms with E-state index in [9.17, 15) is 9.59 Å². The lowest BCUT2D eigenvalue weighted by Gasteiger charge is -2.08. The molecule has 3 aromatic rings. The van der Waals surface area contributed by atoms with Crippen molar-refractivity contribution in [3.8, 4) is 5.75 Å². The summed E-state index contributed by atoms with van der Waals surface area (Å²) in [5.41, 5.74) is 2.55. The Kier molecular flexibility index (Phi) is 7.57. The van der Waals surface area contributed by atoms with E-state index in [-0.39, 0.29) is 11.9 Å². The molecule has 1 N–H and O–H groups in total. The van der Waals surface area contributed by atoms with Crippen LogP contribution in [0, 0.1) is 6.92 Å². The third-order valence-electron chi connectivity index (χ3n) is 4.25. The van der Waals surface area contributed by atoms with Crippen molar-refractivity contribution in [2.45, 2.75) is 33.3 Å². The van der Waals surface area contributed by atoms with Gasteiger partial charge in [0.05, 0.1) is 12.2 Å². The quantitative estimate of drug-likeness (QED) is 0.375. The summed E-state index contributed by atoms with van der Waals surface area (Å²) in [5, 5.41) is 5.71. The van der Waals surface area contributed by atoms with Crippen LogP contribution in [-0.4, -0.2) is 23.5 Å². The molecular weight excluding hydrogens is 400 g/mol. The normalized spacial score (nSPS) is 10.5. The molecule has 1 aromatic heterocycles. The molecule has 30 heavy (non-hydrogen) atoms. The van der Waals surface area contributed by atoms with Gasteiger partial charge in [0.2, 0.25) is 0 Å². The molecule has 0 aliphatic rings. The fraction of sp³-hybridized carbons (Fsp3) is 0.261. The Hall–Kier alpha value is -3.19. The minimum Gasteiger partial charge on any atom is -0.486 e. The minimum atomic E-state index is -0.357. The number of hydrogen-bond donors (Lipinski definition) is 1. The number of anilines is 1. The molecule has 0 radical (unpaired) electrons. The maximum absolute atomic E-state index is 12.4. The molecule has 6 nitrogen and oxygen atoms in total. The van der Waals surface area contributed by atoms with Crippen molar-refractivity contribution >= 4 is 28.9 Å². The van der Waals surface area contributed by atoms with Gasteiger partial charge in [-0.2, -0.15) is 0 Å². The number of nitrogens with zero attached hydrogens (tertiary/aromatic N) is 1. The maximum atomic E-state index is 12.4. The highest BCUT2D eigenvalue weighted by Crippen LogP contribution is 2.18. The van der Waals surface area contributed by atoms with Crippen molar-refractivity contribution in [3.05, 3.63) is 75.7 Å². The number of nitrogens with one attached hydrogen (secondary N) is 1. The Morgan fingerprint density at radius 3 is 2.37 bits per heavy atom. The van der Waals surface area contributed by atoms with Gasteiger partial charge < -0.3 is 14.8 Å². The van der Waals surface area contributed by atoms with Crippen molar-refractivity contribution < 1.29 is 19.1 Å². The molecule has 3 rings (SSSR count). The van der Waals surface area contributed by atoms with E-state index < -0.39 is 0 Å². The van der Waals surface area contributed by atoms with Crippen molar-refractivity contribution in [1.29, 1.82) is 0 Å². The standard InChI is InChI=1S/C23H24N2O4S/c1-3-4-13-28-23(27)18-5-9-19(10-6-18)25-22(26)17-7-11-20(12-8-17)29-14-21-24-16(2)15-30-21/h5-12,15H,3-4,13-14H2,1-2H3,(H,25,26). The Bertz CT molecular complexity index is 981. The predicted molar refractivity (Wildman–Crippen MR) is 117 cm³/mol. The van der Waals surface area contributed by atoms with Gasteiger partial charge in [-0.05, 0) is 61.9 Å². The second-order valence-corrected chi connectivity index (χ2v) is 7.66. The summed E-state index contributed by atoms with van der Waals surface area (Å²) in [7, 11) is 0. The second kappa shape index (κ2) is 10.5. The van der Waals surface area contributed by atoms with E-state index >= 15 is 0 Å². The fourth-order valence-electron chi connectivity index (χ4n) is 2.60. The van der Waals surface area contributed by atoms with Crippen LogP contribution in [0.4, 0.5) is 5.69 Å².